The molecule has 1 spiro atoms. The predicted molar refractivity (Wildman–Crippen MR) is 22.4 cm³/mol. The van der Waals surface area contributed by atoms with E-state index in [1.54, 1.807) is 0 Å². The minimum absolute atomic E-state index is 0.782. The Hall–Kier alpha value is -0.0400. The summed E-state index contributed by atoms with van der Waals surface area (Å²) in [5, 5.41) is 3.46. The molecule has 4 rings (SSSR count). The van der Waals surface area contributed by atoms with Gasteiger partial charge in [0, 0.05) is 11.6 Å². The van der Waals surface area contributed by atoms with Crippen LogP contribution in [0.5, 0.6) is 0 Å². The van der Waals surface area contributed by atoms with Crippen LogP contribution in [0, 0.1) is 5.92 Å². The Bertz CT molecular complexity index is 102. The fourth-order valence-electron chi connectivity index (χ4n) is 2.00. The van der Waals surface area contributed by atoms with Gasteiger partial charge in [-0.05, 0) is 18.8 Å². The number of hydrogen-bond acceptors (Lipinski definition) is 1. The zero-order valence-corrected chi connectivity index (χ0v) is 3.57. The lowest BCUT2D eigenvalue weighted by molar-refractivity contribution is 0.121. The van der Waals surface area contributed by atoms with E-state index in [1.807, 2.05) is 0 Å². The van der Waals surface area contributed by atoms with Crippen LogP contribution in [-0.4, -0.2) is 11.6 Å². The minimum Gasteiger partial charge on any atom is -0.305 e. The second-order valence-corrected chi connectivity index (χ2v) is 2.95. The SMILES string of the molecule is C1C2CC13NC23. The Morgan fingerprint density at radius 2 is 2.17 bits per heavy atom. The first-order valence-electron chi connectivity index (χ1n) is 2.68. The maximum Gasteiger partial charge on any atom is 0.0347 e. The Labute approximate surface area is 36.7 Å². The van der Waals surface area contributed by atoms with Gasteiger partial charge in [0.1, 0.15) is 0 Å². The van der Waals surface area contributed by atoms with Gasteiger partial charge in [0.15, 0.2) is 0 Å². The van der Waals surface area contributed by atoms with Crippen LogP contribution in [0.1, 0.15) is 12.8 Å². The summed E-state index contributed by atoms with van der Waals surface area (Å²) in [7, 11) is 0. The lowest BCUT2D eigenvalue weighted by atomic mass is 9.56. The third-order valence-corrected chi connectivity index (χ3v) is 2.68. The number of rotatable bonds is 0. The van der Waals surface area contributed by atoms with E-state index in [9.17, 15) is 0 Å². The van der Waals surface area contributed by atoms with Crippen molar-refractivity contribution >= 4 is 0 Å². The molecule has 1 nitrogen and oxygen atoms in total. The van der Waals surface area contributed by atoms with Crippen molar-refractivity contribution in [1.82, 2.24) is 5.32 Å². The smallest absolute Gasteiger partial charge is 0.0347 e. The third kappa shape index (κ3) is 0.0658. The van der Waals surface area contributed by atoms with Crippen LogP contribution in [0.15, 0.2) is 0 Å². The van der Waals surface area contributed by atoms with Gasteiger partial charge >= 0.3 is 0 Å². The molecule has 1 unspecified atom stereocenters. The molecule has 0 aromatic carbocycles. The van der Waals surface area contributed by atoms with E-state index in [0.717, 1.165) is 17.5 Å². The largest absolute Gasteiger partial charge is 0.305 e. The van der Waals surface area contributed by atoms with Gasteiger partial charge in [-0.2, -0.15) is 0 Å². The molecular formula is C5H7N. The van der Waals surface area contributed by atoms with E-state index in [1.165, 1.54) is 12.8 Å². The fraction of sp³-hybridized carbons (Fsp3) is 1.00. The molecule has 32 valence electrons. The molecule has 3 aliphatic carbocycles. The first-order valence-corrected chi connectivity index (χ1v) is 2.68. The predicted octanol–water partition coefficient (Wildman–Crippen LogP) is 0.121. The third-order valence-electron chi connectivity index (χ3n) is 2.68. The molecule has 1 heteroatoms. The van der Waals surface area contributed by atoms with Gasteiger partial charge in [0.05, 0.1) is 0 Å². The summed E-state index contributed by atoms with van der Waals surface area (Å²) in [6.07, 6.45) is 3.02. The average Bonchev–Trinajstić information content (AvgIpc) is 1.63. The van der Waals surface area contributed by atoms with Crippen molar-refractivity contribution in [2.45, 2.75) is 24.4 Å². The Balaban J connectivity index is 2.26. The van der Waals surface area contributed by atoms with E-state index in [0.29, 0.717) is 0 Å². The molecular weight excluding hydrogens is 74.1 g/mol. The molecule has 6 heavy (non-hydrogen) atoms. The van der Waals surface area contributed by atoms with Crippen LogP contribution < -0.4 is 5.32 Å². The molecule has 0 amide bonds. The Morgan fingerprint density at radius 3 is 2.17 bits per heavy atom. The van der Waals surface area contributed by atoms with Gasteiger partial charge < -0.3 is 5.32 Å². The summed E-state index contributed by atoms with van der Waals surface area (Å²) < 4.78 is 0. The molecule has 2 bridgehead atoms. The molecule has 0 aromatic rings. The minimum atomic E-state index is 0.782. The summed E-state index contributed by atoms with van der Waals surface area (Å²) >= 11 is 0. The van der Waals surface area contributed by atoms with E-state index in [2.05, 4.69) is 5.32 Å². The van der Waals surface area contributed by atoms with Crippen molar-refractivity contribution in [2.24, 2.45) is 5.92 Å². The summed E-state index contributed by atoms with van der Waals surface area (Å²) in [4.78, 5) is 0. The summed E-state index contributed by atoms with van der Waals surface area (Å²) in [5.41, 5.74) is 0.782. The molecule has 4 aliphatic rings. The fourth-order valence-corrected chi connectivity index (χ4v) is 2.00. The highest BCUT2D eigenvalue weighted by Gasteiger charge is 2.77. The first kappa shape index (κ1) is 2.31. The van der Waals surface area contributed by atoms with Crippen LogP contribution in [0.2, 0.25) is 0 Å². The van der Waals surface area contributed by atoms with Gasteiger partial charge in [-0.15, -0.1) is 0 Å². The Morgan fingerprint density at radius 1 is 1.50 bits per heavy atom. The van der Waals surface area contributed by atoms with E-state index in [-0.39, 0.29) is 0 Å². The topological polar surface area (TPSA) is 21.9 Å². The van der Waals surface area contributed by atoms with Crippen molar-refractivity contribution in [2.75, 3.05) is 0 Å². The highest BCUT2D eigenvalue weighted by molar-refractivity contribution is 5.37. The van der Waals surface area contributed by atoms with Crippen molar-refractivity contribution < 1.29 is 0 Å². The maximum absolute atomic E-state index is 3.46. The molecule has 1 atom stereocenters. The van der Waals surface area contributed by atoms with E-state index >= 15 is 0 Å². The van der Waals surface area contributed by atoms with Crippen molar-refractivity contribution in [3.05, 3.63) is 0 Å². The van der Waals surface area contributed by atoms with Gasteiger partial charge in [-0.3, -0.25) is 0 Å². The monoisotopic (exact) mass is 81.1 g/mol. The summed E-state index contributed by atoms with van der Waals surface area (Å²) in [6, 6.07) is 1.03. The van der Waals surface area contributed by atoms with Crippen LogP contribution in [-0.2, 0) is 0 Å². The van der Waals surface area contributed by atoms with Crippen LogP contribution >= 0.6 is 0 Å². The lowest BCUT2D eigenvalue weighted by Gasteiger charge is -2.46. The molecule has 0 aromatic heterocycles. The van der Waals surface area contributed by atoms with Crippen LogP contribution in [0.25, 0.3) is 0 Å². The number of hydrogen-bond donors (Lipinski definition) is 1. The normalized spacial score (nSPS) is 80.0. The second kappa shape index (κ2) is 0.348. The molecule has 0 radical (unpaired) electrons. The molecule has 4 fully saturated rings. The van der Waals surface area contributed by atoms with Gasteiger partial charge in [0.2, 0.25) is 0 Å². The van der Waals surface area contributed by atoms with Crippen LogP contribution in [0.3, 0.4) is 0 Å². The second-order valence-electron chi connectivity index (χ2n) is 2.95. The van der Waals surface area contributed by atoms with Gasteiger partial charge in [0.25, 0.3) is 0 Å². The molecule has 1 saturated heterocycles. The van der Waals surface area contributed by atoms with Crippen LogP contribution in [0.4, 0.5) is 0 Å². The molecule has 1 N–H and O–H groups in total. The molecule has 3 saturated carbocycles. The summed E-state index contributed by atoms with van der Waals surface area (Å²) in [6.45, 7) is 0. The molecule has 1 aliphatic heterocycles. The van der Waals surface area contributed by atoms with Crippen molar-refractivity contribution in [1.29, 1.82) is 0 Å². The van der Waals surface area contributed by atoms with Gasteiger partial charge in [-0.25, -0.2) is 0 Å². The average molecular weight is 81.1 g/mol. The number of nitrogens with one attached hydrogen (secondary N) is 1. The highest BCUT2D eigenvalue weighted by Crippen LogP contribution is 2.67. The van der Waals surface area contributed by atoms with Gasteiger partial charge in [-0.1, -0.05) is 0 Å². The maximum atomic E-state index is 3.46. The standard InChI is InChI=1S/C5H7N/c1-3-2-5(1)4(3)6-5/h3-4,6H,1-2H2. The lowest BCUT2D eigenvalue weighted by Crippen LogP contribution is -2.50. The van der Waals surface area contributed by atoms with E-state index < -0.39 is 0 Å². The molecule has 1 heterocycles. The zero-order valence-electron chi connectivity index (χ0n) is 3.57. The first-order chi connectivity index (χ1) is 2.91. The van der Waals surface area contributed by atoms with Crippen molar-refractivity contribution in [3.63, 3.8) is 0 Å². The highest BCUT2D eigenvalue weighted by atomic mass is 15.3. The zero-order chi connectivity index (χ0) is 3.78. The quantitative estimate of drug-likeness (QED) is 0.411. The Kier molecular flexibility index (Phi) is 0.134. The summed E-state index contributed by atoms with van der Waals surface area (Å²) in [5.74, 6) is 1.13. The van der Waals surface area contributed by atoms with Crippen molar-refractivity contribution in [3.8, 4) is 0 Å². The van der Waals surface area contributed by atoms with E-state index in [4.69, 9.17) is 0 Å².